The summed E-state index contributed by atoms with van der Waals surface area (Å²) >= 11 is 7.53. The molecule has 2 rings (SSSR count). The Hall–Kier alpha value is -1.66. The van der Waals surface area contributed by atoms with E-state index < -0.39 is 4.92 Å². The Morgan fingerprint density at radius 2 is 2.20 bits per heavy atom. The van der Waals surface area contributed by atoms with E-state index in [-0.39, 0.29) is 10.7 Å². The van der Waals surface area contributed by atoms with Crippen molar-refractivity contribution in [1.29, 1.82) is 0 Å². The summed E-state index contributed by atoms with van der Waals surface area (Å²) in [6.45, 7) is 4.50. The molecule has 0 aliphatic heterocycles. The van der Waals surface area contributed by atoms with Crippen LogP contribution in [-0.4, -0.2) is 16.5 Å². The van der Waals surface area contributed by atoms with Gasteiger partial charge in [0.05, 0.1) is 15.6 Å². The van der Waals surface area contributed by atoms with Crippen LogP contribution >= 0.6 is 22.9 Å². The Balaban J connectivity index is 2.03. The van der Waals surface area contributed by atoms with Gasteiger partial charge in [-0.15, -0.1) is 11.3 Å². The van der Waals surface area contributed by atoms with Crippen LogP contribution in [0.2, 0.25) is 5.02 Å². The number of nitro benzene ring substituents is 1. The van der Waals surface area contributed by atoms with Gasteiger partial charge < -0.3 is 5.32 Å². The second-order valence-electron chi connectivity index (χ2n) is 4.41. The molecule has 1 heterocycles. The number of nitro groups is 1. The van der Waals surface area contributed by atoms with Crippen molar-refractivity contribution in [3.8, 4) is 0 Å². The quantitative estimate of drug-likeness (QED) is 0.670. The third-order valence-corrected chi connectivity index (χ3v) is 3.98. The molecule has 1 aromatic carbocycles. The number of aromatic nitrogens is 1. The topological polar surface area (TPSA) is 68.1 Å². The second-order valence-corrected chi connectivity index (χ2v) is 5.88. The van der Waals surface area contributed by atoms with Gasteiger partial charge in [-0.3, -0.25) is 10.1 Å². The first-order valence-electron chi connectivity index (χ1n) is 6.07. The standard InChI is InChI=1S/C13H14ClN3O2S/c1-8-5-13(17(18)19)11(14)6-12(8)15-4-3-10-7-20-9(2)16-10/h5-7,15H,3-4H2,1-2H3. The third kappa shape index (κ3) is 3.46. The molecule has 0 saturated heterocycles. The maximum atomic E-state index is 10.8. The first-order valence-corrected chi connectivity index (χ1v) is 7.32. The number of nitrogens with one attached hydrogen (secondary N) is 1. The molecular weight excluding hydrogens is 298 g/mol. The Labute approximate surface area is 125 Å². The highest BCUT2D eigenvalue weighted by Gasteiger charge is 2.14. The lowest BCUT2D eigenvalue weighted by atomic mass is 10.1. The normalized spacial score (nSPS) is 10.6. The van der Waals surface area contributed by atoms with Gasteiger partial charge in [-0.1, -0.05) is 11.6 Å². The predicted octanol–water partition coefficient (Wildman–Crippen LogP) is 3.98. The van der Waals surface area contributed by atoms with Crippen LogP contribution in [0.4, 0.5) is 11.4 Å². The molecular formula is C13H14ClN3O2S. The van der Waals surface area contributed by atoms with E-state index >= 15 is 0 Å². The average Bonchev–Trinajstić information content (AvgIpc) is 2.78. The molecule has 106 valence electrons. The molecule has 7 heteroatoms. The second kappa shape index (κ2) is 6.19. The highest BCUT2D eigenvalue weighted by Crippen LogP contribution is 2.30. The van der Waals surface area contributed by atoms with Gasteiger partial charge in [0, 0.05) is 30.1 Å². The zero-order valence-electron chi connectivity index (χ0n) is 11.1. The largest absolute Gasteiger partial charge is 0.384 e. The van der Waals surface area contributed by atoms with Crippen LogP contribution in [0.15, 0.2) is 17.5 Å². The van der Waals surface area contributed by atoms with Gasteiger partial charge in [0.25, 0.3) is 5.69 Å². The number of benzene rings is 1. The lowest BCUT2D eigenvalue weighted by Gasteiger charge is -2.09. The van der Waals surface area contributed by atoms with E-state index in [1.54, 1.807) is 17.4 Å². The van der Waals surface area contributed by atoms with Crippen molar-refractivity contribution in [3.05, 3.63) is 48.9 Å². The molecule has 5 nitrogen and oxygen atoms in total. The van der Waals surface area contributed by atoms with Gasteiger partial charge in [0.15, 0.2) is 0 Å². The number of halogens is 1. The molecule has 0 atom stereocenters. The maximum Gasteiger partial charge on any atom is 0.288 e. The minimum atomic E-state index is -0.475. The molecule has 0 aliphatic carbocycles. The van der Waals surface area contributed by atoms with E-state index in [1.165, 1.54) is 6.07 Å². The van der Waals surface area contributed by atoms with Crippen LogP contribution < -0.4 is 5.32 Å². The molecule has 0 amide bonds. The number of aryl methyl sites for hydroxylation is 2. The lowest BCUT2D eigenvalue weighted by molar-refractivity contribution is -0.384. The molecule has 0 bridgehead atoms. The SMILES string of the molecule is Cc1nc(CCNc2cc(Cl)c([N+](=O)[O-])cc2C)cs1. The highest BCUT2D eigenvalue weighted by molar-refractivity contribution is 7.09. The summed E-state index contributed by atoms with van der Waals surface area (Å²) in [6.07, 6.45) is 0.804. The number of anilines is 1. The molecule has 0 radical (unpaired) electrons. The van der Waals surface area contributed by atoms with Crippen molar-refractivity contribution in [2.24, 2.45) is 0 Å². The van der Waals surface area contributed by atoms with Crippen molar-refractivity contribution in [2.75, 3.05) is 11.9 Å². The van der Waals surface area contributed by atoms with Crippen LogP contribution in [0, 0.1) is 24.0 Å². The highest BCUT2D eigenvalue weighted by atomic mass is 35.5. The van der Waals surface area contributed by atoms with Crippen molar-refractivity contribution in [1.82, 2.24) is 4.98 Å². The van der Waals surface area contributed by atoms with Crippen LogP contribution in [-0.2, 0) is 6.42 Å². The minimum absolute atomic E-state index is 0.0650. The van der Waals surface area contributed by atoms with E-state index in [4.69, 9.17) is 11.6 Å². The summed E-state index contributed by atoms with van der Waals surface area (Å²) in [5.74, 6) is 0. The fourth-order valence-corrected chi connectivity index (χ4v) is 2.72. The maximum absolute atomic E-state index is 10.8. The summed E-state index contributed by atoms with van der Waals surface area (Å²) in [4.78, 5) is 14.7. The fourth-order valence-electron chi connectivity index (χ4n) is 1.84. The van der Waals surface area contributed by atoms with Gasteiger partial charge in [-0.25, -0.2) is 4.98 Å². The van der Waals surface area contributed by atoms with E-state index in [9.17, 15) is 10.1 Å². The third-order valence-electron chi connectivity index (χ3n) is 2.85. The van der Waals surface area contributed by atoms with Crippen LogP contribution in [0.1, 0.15) is 16.3 Å². The molecule has 1 aromatic heterocycles. The van der Waals surface area contributed by atoms with Gasteiger partial charge in [0.1, 0.15) is 5.02 Å². The monoisotopic (exact) mass is 311 g/mol. The fraction of sp³-hybridized carbons (Fsp3) is 0.308. The number of nitrogens with zero attached hydrogens (tertiary/aromatic N) is 2. The first-order chi connectivity index (χ1) is 9.47. The van der Waals surface area contributed by atoms with E-state index in [1.807, 2.05) is 19.2 Å². The van der Waals surface area contributed by atoms with Gasteiger partial charge in [-0.2, -0.15) is 0 Å². The smallest absolute Gasteiger partial charge is 0.288 e. The number of hydrogen-bond acceptors (Lipinski definition) is 5. The lowest BCUT2D eigenvalue weighted by Crippen LogP contribution is -2.06. The first kappa shape index (κ1) is 14.7. The number of rotatable bonds is 5. The zero-order valence-corrected chi connectivity index (χ0v) is 12.7. The molecule has 0 saturated carbocycles. The van der Waals surface area contributed by atoms with E-state index in [0.717, 1.165) is 28.4 Å². The van der Waals surface area contributed by atoms with Crippen LogP contribution in [0.25, 0.3) is 0 Å². The Kier molecular flexibility index (Phi) is 4.57. The zero-order chi connectivity index (χ0) is 14.7. The minimum Gasteiger partial charge on any atom is -0.384 e. The van der Waals surface area contributed by atoms with Gasteiger partial charge in [0.2, 0.25) is 0 Å². The predicted molar refractivity (Wildman–Crippen MR) is 81.9 cm³/mol. The molecule has 20 heavy (non-hydrogen) atoms. The van der Waals surface area contributed by atoms with Crippen LogP contribution in [0.5, 0.6) is 0 Å². The molecule has 0 unspecified atom stereocenters. The Morgan fingerprint density at radius 1 is 1.45 bits per heavy atom. The molecule has 0 spiro atoms. The summed E-state index contributed by atoms with van der Waals surface area (Å²) in [5.41, 5.74) is 2.60. The summed E-state index contributed by atoms with van der Waals surface area (Å²) in [7, 11) is 0. The van der Waals surface area contributed by atoms with Crippen molar-refractivity contribution in [2.45, 2.75) is 20.3 Å². The Morgan fingerprint density at radius 3 is 2.80 bits per heavy atom. The van der Waals surface area contributed by atoms with Crippen molar-refractivity contribution in [3.63, 3.8) is 0 Å². The molecule has 0 fully saturated rings. The number of thiazole rings is 1. The van der Waals surface area contributed by atoms with Gasteiger partial charge >= 0.3 is 0 Å². The summed E-state index contributed by atoms with van der Waals surface area (Å²) in [6, 6.07) is 3.08. The van der Waals surface area contributed by atoms with Crippen molar-refractivity contribution < 1.29 is 4.92 Å². The number of hydrogen-bond donors (Lipinski definition) is 1. The van der Waals surface area contributed by atoms with E-state index in [2.05, 4.69) is 10.3 Å². The molecule has 2 aromatic rings. The van der Waals surface area contributed by atoms with E-state index in [0.29, 0.717) is 6.54 Å². The van der Waals surface area contributed by atoms with Crippen molar-refractivity contribution >= 4 is 34.3 Å². The molecule has 1 N–H and O–H groups in total. The molecule has 0 aliphatic rings. The van der Waals surface area contributed by atoms with Gasteiger partial charge in [-0.05, 0) is 25.5 Å². The summed E-state index contributed by atoms with van der Waals surface area (Å²) < 4.78 is 0. The Bertz CT molecular complexity index is 643. The van der Waals surface area contributed by atoms with Crippen LogP contribution in [0.3, 0.4) is 0 Å². The summed E-state index contributed by atoms with van der Waals surface area (Å²) in [5, 5.41) is 17.2. The average molecular weight is 312 g/mol.